The summed E-state index contributed by atoms with van der Waals surface area (Å²) in [5, 5.41) is 21.7. The third-order valence-corrected chi connectivity index (χ3v) is 6.07. The van der Waals surface area contributed by atoms with Crippen molar-refractivity contribution in [2.24, 2.45) is 0 Å². The van der Waals surface area contributed by atoms with Crippen LogP contribution in [-0.2, 0) is 10.0 Å². The Bertz CT molecular complexity index is 960. The van der Waals surface area contributed by atoms with E-state index in [9.17, 15) is 23.6 Å². The minimum Gasteiger partial charge on any atom is -0.495 e. The van der Waals surface area contributed by atoms with Crippen LogP contribution in [0.2, 0.25) is 0 Å². The van der Waals surface area contributed by atoms with Gasteiger partial charge in [0.1, 0.15) is 24.1 Å². The predicted molar refractivity (Wildman–Crippen MR) is 109 cm³/mol. The Labute approximate surface area is 170 Å². The van der Waals surface area contributed by atoms with Gasteiger partial charge in [-0.2, -0.15) is 0 Å². The molecular formula is C19H26N3O6S+. The Morgan fingerprint density at radius 1 is 1.21 bits per heavy atom. The fourth-order valence-corrected chi connectivity index (χ4v) is 4.38. The summed E-state index contributed by atoms with van der Waals surface area (Å²) in [4.78, 5) is 11.6. The molecule has 9 nitrogen and oxygen atoms in total. The number of methoxy groups -OCH3 is 1. The summed E-state index contributed by atoms with van der Waals surface area (Å²) >= 11 is 0. The molecular weight excluding hydrogens is 398 g/mol. The zero-order valence-corrected chi connectivity index (χ0v) is 17.6. The average molecular weight is 424 g/mol. The summed E-state index contributed by atoms with van der Waals surface area (Å²) < 4.78 is 33.0. The second kappa shape index (κ2) is 9.21. The van der Waals surface area contributed by atoms with Crippen molar-refractivity contribution >= 4 is 21.4 Å². The number of non-ortho nitro benzene ring substituents is 1. The Balaban J connectivity index is 2.63. The number of aliphatic hydroxyl groups excluding tert-OH is 1. The van der Waals surface area contributed by atoms with Gasteiger partial charge in [-0.15, -0.1) is 0 Å². The topological polar surface area (TPSA) is 114 Å². The number of aliphatic hydroxyl groups is 1. The first-order valence-corrected chi connectivity index (χ1v) is 10.4. The number of benzene rings is 2. The van der Waals surface area contributed by atoms with Crippen LogP contribution in [0.15, 0.2) is 47.4 Å². The molecule has 0 fully saturated rings. The highest BCUT2D eigenvalue weighted by Crippen LogP contribution is 2.35. The van der Waals surface area contributed by atoms with Crippen molar-refractivity contribution < 1.29 is 28.1 Å². The van der Waals surface area contributed by atoms with Crippen LogP contribution in [0.1, 0.15) is 5.56 Å². The Morgan fingerprint density at radius 2 is 1.83 bits per heavy atom. The molecule has 0 saturated carbocycles. The standard InChI is InChI=1S/C19H25N3O6S/c1-14-5-8-17(9-6-14)29(26,27)21(13-16(23)12-20(2)3)18-11-15(22(24)25)7-10-19(18)28-4/h5-11,16,23H,12-13H2,1-4H3/p+1/t16-/m0/s1. The summed E-state index contributed by atoms with van der Waals surface area (Å²) in [5.74, 6) is 0.149. The number of aryl methyl sites for hydroxylation is 1. The third-order valence-electron chi connectivity index (χ3n) is 4.27. The summed E-state index contributed by atoms with van der Waals surface area (Å²) in [7, 11) is 0.892. The Hall–Kier alpha value is -2.69. The highest BCUT2D eigenvalue weighted by molar-refractivity contribution is 7.92. The molecule has 0 radical (unpaired) electrons. The van der Waals surface area contributed by atoms with Crippen LogP contribution in [0.3, 0.4) is 0 Å². The second-order valence-electron chi connectivity index (χ2n) is 7.03. The first-order valence-electron chi connectivity index (χ1n) is 8.95. The van der Waals surface area contributed by atoms with Crippen LogP contribution in [0.4, 0.5) is 11.4 Å². The van der Waals surface area contributed by atoms with Gasteiger partial charge >= 0.3 is 0 Å². The van der Waals surface area contributed by atoms with Crippen LogP contribution in [0, 0.1) is 17.0 Å². The van der Waals surface area contributed by atoms with Crippen molar-refractivity contribution in [3.63, 3.8) is 0 Å². The van der Waals surface area contributed by atoms with E-state index < -0.39 is 21.1 Å². The van der Waals surface area contributed by atoms with E-state index in [-0.39, 0.29) is 35.1 Å². The fraction of sp³-hybridized carbons (Fsp3) is 0.368. The normalized spacial score (nSPS) is 12.6. The number of ether oxygens (including phenoxy) is 1. The quantitative estimate of drug-likeness (QED) is 0.450. The lowest BCUT2D eigenvalue weighted by atomic mass is 10.2. The minimum absolute atomic E-state index is 0.00455. The number of quaternary nitrogens is 1. The van der Waals surface area contributed by atoms with Crippen molar-refractivity contribution in [1.29, 1.82) is 0 Å². The minimum atomic E-state index is -4.12. The lowest BCUT2D eigenvalue weighted by Crippen LogP contribution is -3.07. The molecule has 2 rings (SSSR count). The lowest BCUT2D eigenvalue weighted by Gasteiger charge is -2.28. The first kappa shape index (κ1) is 22.6. The van der Waals surface area contributed by atoms with Gasteiger partial charge < -0.3 is 14.7 Å². The van der Waals surface area contributed by atoms with Gasteiger partial charge in [-0.1, -0.05) is 17.7 Å². The summed E-state index contributed by atoms with van der Waals surface area (Å²) in [6, 6.07) is 9.97. The molecule has 0 unspecified atom stereocenters. The van der Waals surface area contributed by atoms with Crippen molar-refractivity contribution in [2.75, 3.05) is 38.6 Å². The van der Waals surface area contributed by atoms with E-state index in [2.05, 4.69) is 0 Å². The Kier molecular flexibility index (Phi) is 7.17. The van der Waals surface area contributed by atoms with E-state index in [1.165, 1.54) is 31.4 Å². The van der Waals surface area contributed by atoms with Gasteiger partial charge in [0.2, 0.25) is 0 Å². The highest BCUT2D eigenvalue weighted by atomic mass is 32.2. The molecule has 0 amide bonds. The summed E-state index contributed by atoms with van der Waals surface area (Å²) in [6.07, 6.45) is -0.996. The van der Waals surface area contributed by atoms with Gasteiger partial charge in [0.15, 0.2) is 0 Å². The second-order valence-corrected chi connectivity index (χ2v) is 8.89. The maximum atomic E-state index is 13.4. The van der Waals surface area contributed by atoms with Crippen molar-refractivity contribution in [3.8, 4) is 5.75 Å². The smallest absolute Gasteiger partial charge is 0.271 e. The van der Waals surface area contributed by atoms with Crippen molar-refractivity contribution in [2.45, 2.75) is 17.9 Å². The number of rotatable bonds is 9. The molecule has 0 saturated heterocycles. The highest BCUT2D eigenvalue weighted by Gasteiger charge is 2.31. The summed E-state index contributed by atoms with van der Waals surface area (Å²) in [6.45, 7) is 1.84. The molecule has 0 aromatic heterocycles. The first-order chi connectivity index (χ1) is 13.6. The van der Waals surface area contributed by atoms with E-state index in [0.717, 1.165) is 20.8 Å². The van der Waals surface area contributed by atoms with E-state index >= 15 is 0 Å². The maximum Gasteiger partial charge on any atom is 0.271 e. The molecule has 0 aliphatic rings. The SMILES string of the molecule is COc1ccc([N+](=O)[O-])cc1N(C[C@@H](O)C[NH+](C)C)S(=O)(=O)c1ccc(C)cc1. The lowest BCUT2D eigenvalue weighted by molar-refractivity contribution is -0.861. The van der Waals surface area contributed by atoms with Crippen LogP contribution in [-0.4, -0.2) is 58.8 Å². The maximum absolute atomic E-state index is 13.4. The van der Waals surface area contributed by atoms with Gasteiger partial charge in [-0.05, 0) is 25.1 Å². The molecule has 29 heavy (non-hydrogen) atoms. The molecule has 0 aliphatic carbocycles. The van der Waals surface area contributed by atoms with Gasteiger partial charge in [0.25, 0.3) is 15.7 Å². The zero-order chi connectivity index (χ0) is 21.8. The molecule has 0 heterocycles. The monoisotopic (exact) mass is 424 g/mol. The molecule has 0 aliphatic heterocycles. The average Bonchev–Trinajstić information content (AvgIpc) is 2.65. The molecule has 2 N–H and O–H groups in total. The number of hydrogen-bond acceptors (Lipinski definition) is 6. The van der Waals surface area contributed by atoms with Gasteiger partial charge in [0.05, 0.1) is 37.6 Å². The number of hydrogen-bond donors (Lipinski definition) is 2. The fourth-order valence-electron chi connectivity index (χ4n) is 2.88. The zero-order valence-electron chi connectivity index (χ0n) is 16.8. The van der Waals surface area contributed by atoms with E-state index in [0.29, 0.717) is 0 Å². The number of nitro groups is 1. The van der Waals surface area contributed by atoms with E-state index in [4.69, 9.17) is 4.74 Å². The van der Waals surface area contributed by atoms with Crippen LogP contribution in [0.5, 0.6) is 5.75 Å². The molecule has 0 bridgehead atoms. The molecule has 158 valence electrons. The van der Waals surface area contributed by atoms with E-state index in [1.807, 2.05) is 21.0 Å². The molecule has 2 aromatic carbocycles. The van der Waals surface area contributed by atoms with Gasteiger partial charge in [-0.3, -0.25) is 14.4 Å². The number of sulfonamides is 1. The molecule has 0 spiro atoms. The van der Waals surface area contributed by atoms with Gasteiger partial charge in [-0.25, -0.2) is 8.42 Å². The molecule has 2 aromatic rings. The third kappa shape index (κ3) is 5.43. The largest absolute Gasteiger partial charge is 0.495 e. The van der Waals surface area contributed by atoms with Crippen molar-refractivity contribution in [3.05, 3.63) is 58.1 Å². The number of likely N-dealkylation sites (N-methyl/N-ethyl adjacent to an activating group) is 1. The van der Waals surface area contributed by atoms with Crippen molar-refractivity contribution in [1.82, 2.24) is 0 Å². The number of nitrogens with zero attached hydrogens (tertiary/aromatic N) is 2. The predicted octanol–water partition coefficient (Wildman–Crippen LogP) is 0.613. The number of nitrogens with one attached hydrogen (secondary N) is 1. The molecule has 10 heteroatoms. The number of nitro benzene ring substituents is 1. The van der Waals surface area contributed by atoms with Crippen LogP contribution in [0.25, 0.3) is 0 Å². The summed E-state index contributed by atoms with van der Waals surface area (Å²) in [5.41, 5.74) is 0.604. The van der Waals surface area contributed by atoms with Crippen LogP contribution < -0.4 is 13.9 Å². The van der Waals surface area contributed by atoms with E-state index in [1.54, 1.807) is 12.1 Å². The Morgan fingerprint density at radius 3 is 2.34 bits per heavy atom. The molecule has 1 atom stereocenters. The van der Waals surface area contributed by atoms with Crippen LogP contribution >= 0.6 is 0 Å². The van der Waals surface area contributed by atoms with Gasteiger partial charge in [0, 0.05) is 12.1 Å². The number of anilines is 1.